The highest BCUT2D eigenvalue weighted by atomic mass is 16.5. The fraction of sp³-hybridized carbons (Fsp3) is 0.533. The van der Waals surface area contributed by atoms with E-state index in [-0.39, 0.29) is 5.91 Å². The van der Waals surface area contributed by atoms with Crippen molar-refractivity contribution < 1.29 is 9.53 Å². The van der Waals surface area contributed by atoms with E-state index in [1.54, 1.807) is 0 Å². The van der Waals surface area contributed by atoms with Gasteiger partial charge in [-0.05, 0) is 30.9 Å². The lowest BCUT2D eigenvalue weighted by Gasteiger charge is -2.33. The second-order valence-electron chi connectivity index (χ2n) is 5.50. The third kappa shape index (κ3) is 2.53. The van der Waals surface area contributed by atoms with Crippen LogP contribution in [-0.2, 0) is 4.79 Å². The van der Waals surface area contributed by atoms with Gasteiger partial charge < -0.3 is 15.0 Å². The molecule has 1 saturated carbocycles. The molecule has 0 spiro atoms. The van der Waals surface area contributed by atoms with Crippen LogP contribution < -0.4 is 10.1 Å². The number of hydrogen-bond donors (Lipinski definition) is 1. The number of likely N-dealkylation sites (N-methyl/N-ethyl adjacent to an activating group) is 1. The number of anilines is 1. The van der Waals surface area contributed by atoms with Crippen LogP contribution in [0.1, 0.15) is 19.3 Å². The standard InChI is InChI=1S/C15H20N2O2/c1-17(10-11-5-4-6-11)15(18)14-9-16-12-7-2-3-8-13(12)19-14/h2-3,7-8,11,14,16H,4-6,9-10H2,1H3. The van der Waals surface area contributed by atoms with Gasteiger partial charge in [-0.25, -0.2) is 0 Å². The Morgan fingerprint density at radius 3 is 2.95 bits per heavy atom. The number of nitrogens with zero attached hydrogens (tertiary/aromatic N) is 1. The summed E-state index contributed by atoms with van der Waals surface area (Å²) in [6, 6.07) is 7.74. The van der Waals surface area contributed by atoms with Crippen LogP contribution in [0.15, 0.2) is 24.3 Å². The van der Waals surface area contributed by atoms with E-state index in [1.165, 1.54) is 19.3 Å². The van der Waals surface area contributed by atoms with Crippen molar-refractivity contribution in [1.29, 1.82) is 0 Å². The van der Waals surface area contributed by atoms with Gasteiger partial charge in [-0.2, -0.15) is 0 Å². The summed E-state index contributed by atoms with van der Waals surface area (Å²) in [7, 11) is 1.88. The Bertz CT molecular complexity index is 471. The van der Waals surface area contributed by atoms with Gasteiger partial charge in [0, 0.05) is 13.6 Å². The maximum Gasteiger partial charge on any atom is 0.265 e. The van der Waals surface area contributed by atoms with Crippen molar-refractivity contribution in [2.75, 3.05) is 25.5 Å². The Balaban J connectivity index is 1.62. The average Bonchev–Trinajstić information content (AvgIpc) is 2.41. The van der Waals surface area contributed by atoms with Crippen LogP contribution in [0.5, 0.6) is 5.75 Å². The molecule has 1 heterocycles. The molecule has 1 amide bonds. The van der Waals surface area contributed by atoms with Gasteiger partial charge in [-0.15, -0.1) is 0 Å². The molecule has 1 aliphatic carbocycles. The number of ether oxygens (including phenoxy) is 1. The SMILES string of the molecule is CN(CC1CCC1)C(=O)C1CNc2ccccc2O1. The zero-order valence-electron chi connectivity index (χ0n) is 11.3. The summed E-state index contributed by atoms with van der Waals surface area (Å²) in [6.45, 7) is 1.41. The van der Waals surface area contributed by atoms with Crippen molar-refractivity contribution in [2.45, 2.75) is 25.4 Å². The summed E-state index contributed by atoms with van der Waals surface area (Å²) >= 11 is 0. The zero-order chi connectivity index (χ0) is 13.2. The lowest BCUT2D eigenvalue weighted by Crippen LogP contribution is -2.47. The van der Waals surface area contributed by atoms with Crippen LogP contribution in [0.4, 0.5) is 5.69 Å². The Hall–Kier alpha value is -1.71. The topological polar surface area (TPSA) is 41.6 Å². The van der Waals surface area contributed by atoms with Crippen LogP contribution in [0, 0.1) is 5.92 Å². The Kier molecular flexibility index (Phi) is 3.32. The molecular weight excluding hydrogens is 240 g/mol. The van der Waals surface area contributed by atoms with Crippen LogP contribution >= 0.6 is 0 Å². The largest absolute Gasteiger partial charge is 0.477 e. The predicted molar refractivity (Wildman–Crippen MR) is 74.3 cm³/mol. The first-order valence-electron chi connectivity index (χ1n) is 6.98. The highest BCUT2D eigenvalue weighted by Crippen LogP contribution is 2.30. The van der Waals surface area contributed by atoms with E-state index in [9.17, 15) is 4.79 Å². The van der Waals surface area contributed by atoms with Crippen LogP contribution in [0.25, 0.3) is 0 Å². The first kappa shape index (κ1) is 12.3. The third-order valence-corrected chi connectivity index (χ3v) is 4.04. The summed E-state index contributed by atoms with van der Waals surface area (Å²) in [5, 5.41) is 3.26. The average molecular weight is 260 g/mol. The minimum atomic E-state index is -0.403. The molecule has 0 aromatic heterocycles. The lowest BCUT2D eigenvalue weighted by molar-refractivity contribution is -0.137. The Morgan fingerprint density at radius 1 is 1.42 bits per heavy atom. The zero-order valence-corrected chi connectivity index (χ0v) is 11.3. The molecule has 1 aromatic rings. The number of carbonyl (C=O) groups excluding carboxylic acids is 1. The van der Waals surface area contributed by atoms with E-state index >= 15 is 0 Å². The molecule has 0 saturated heterocycles. The highest BCUT2D eigenvalue weighted by molar-refractivity contribution is 5.83. The summed E-state index contributed by atoms with van der Waals surface area (Å²) in [4.78, 5) is 14.2. The lowest BCUT2D eigenvalue weighted by atomic mass is 9.85. The van der Waals surface area contributed by atoms with Gasteiger partial charge in [0.1, 0.15) is 5.75 Å². The summed E-state index contributed by atoms with van der Waals surface area (Å²) in [6.07, 6.45) is 3.41. The minimum Gasteiger partial charge on any atom is -0.477 e. The molecule has 1 aliphatic heterocycles. The molecule has 3 rings (SSSR count). The fourth-order valence-corrected chi connectivity index (χ4v) is 2.65. The molecule has 102 valence electrons. The molecule has 1 fully saturated rings. The second kappa shape index (κ2) is 5.11. The number of amides is 1. The molecule has 1 aromatic carbocycles. The van der Waals surface area contributed by atoms with Gasteiger partial charge in [-0.1, -0.05) is 18.6 Å². The second-order valence-corrected chi connectivity index (χ2v) is 5.50. The first-order valence-corrected chi connectivity index (χ1v) is 6.98. The van der Waals surface area contributed by atoms with Gasteiger partial charge >= 0.3 is 0 Å². The number of rotatable bonds is 3. The van der Waals surface area contributed by atoms with E-state index in [0.29, 0.717) is 12.5 Å². The van der Waals surface area contributed by atoms with Crippen LogP contribution in [-0.4, -0.2) is 37.0 Å². The van der Waals surface area contributed by atoms with Gasteiger partial charge in [0.15, 0.2) is 6.10 Å². The van der Waals surface area contributed by atoms with Crippen molar-refractivity contribution >= 4 is 11.6 Å². The number of para-hydroxylation sites is 2. The van der Waals surface area contributed by atoms with Crippen LogP contribution in [0.3, 0.4) is 0 Å². The van der Waals surface area contributed by atoms with Gasteiger partial charge in [0.05, 0.1) is 12.2 Å². The van der Waals surface area contributed by atoms with E-state index in [1.807, 2.05) is 36.2 Å². The molecule has 2 aliphatic rings. The van der Waals surface area contributed by atoms with Gasteiger partial charge in [-0.3, -0.25) is 4.79 Å². The third-order valence-electron chi connectivity index (χ3n) is 4.04. The van der Waals surface area contributed by atoms with Crippen molar-refractivity contribution in [2.24, 2.45) is 5.92 Å². The molecule has 1 unspecified atom stereocenters. The molecule has 1 atom stereocenters. The van der Waals surface area contributed by atoms with Crippen molar-refractivity contribution in [3.05, 3.63) is 24.3 Å². The monoisotopic (exact) mass is 260 g/mol. The number of nitrogens with one attached hydrogen (secondary N) is 1. The number of hydrogen-bond acceptors (Lipinski definition) is 3. The molecule has 4 nitrogen and oxygen atoms in total. The van der Waals surface area contributed by atoms with E-state index in [4.69, 9.17) is 4.74 Å². The number of benzene rings is 1. The summed E-state index contributed by atoms with van der Waals surface area (Å²) < 4.78 is 5.79. The summed E-state index contributed by atoms with van der Waals surface area (Å²) in [5.74, 6) is 1.54. The molecule has 1 N–H and O–H groups in total. The molecule has 19 heavy (non-hydrogen) atoms. The number of carbonyl (C=O) groups is 1. The van der Waals surface area contributed by atoms with Crippen molar-refractivity contribution in [3.8, 4) is 5.75 Å². The Morgan fingerprint density at radius 2 is 2.21 bits per heavy atom. The fourth-order valence-electron chi connectivity index (χ4n) is 2.65. The highest BCUT2D eigenvalue weighted by Gasteiger charge is 2.30. The smallest absolute Gasteiger partial charge is 0.265 e. The van der Waals surface area contributed by atoms with Crippen LogP contribution in [0.2, 0.25) is 0 Å². The predicted octanol–water partition coefficient (Wildman–Crippen LogP) is 2.12. The summed E-state index contributed by atoms with van der Waals surface area (Å²) in [5.41, 5.74) is 0.966. The van der Waals surface area contributed by atoms with E-state index in [0.717, 1.165) is 18.0 Å². The quantitative estimate of drug-likeness (QED) is 0.905. The normalized spacial score (nSPS) is 21.6. The van der Waals surface area contributed by atoms with Crippen molar-refractivity contribution in [3.63, 3.8) is 0 Å². The van der Waals surface area contributed by atoms with E-state index < -0.39 is 6.10 Å². The first-order chi connectivity index (χ1) is 9.24. The minimum absolute atomic E-state index is 0.0777. The van der Waals surface area contributed by atoms with Gasteiger partial charge in [0.2, 0.25) is 0 Å². The van der Waals surface area contributed by atoms with E-state index in [2.05, 4.69) is 5.32 Å². The maximum absolute atomic E-state index is 12.3. The maximum atomic E-state index is 12.3. The molecular formula is C15H20N2O2. The van der Waals surface area contributed by atoms with Crippen molar-refractivity contribution in [1.82, 2.24) is 4.90 Å². The number of fused-ring (bicyclic) bond motifs is 1. The Labute approximate surface area is 113 Å². The molecule has 4 heteroatoms. The molecule has 0 radical (unpaired) electrons. The van der Waals surface area contributed by atoms with Gasteiger partial charge in [0.25, 0.3) is 5.91 Å². The molecule has 0 bridgehead atoms.